The lowest BCUT2D eigenvalue weighted by molar-refractivity contribution is 0.577. The van der Waals surface area contributed by atoms with Crippen molar-refractivity contribution in [3.05, 3.63) is 46.5 Å². The van der Waals surface area contributed by atoms with Crippen LogP contribution in [0.4, 0.5) is 5.69 Å². The predicted molar refractivity (Wildman–Crippen MR) is 78.8 cm³/mol. The van der Waals surface area contributed by atoms with E-state index in [9.17, 15) is 0 Å². The molecule has 2 rings (SSSR count). The molecule has 5 heteroatoms. The van der Waals surface area contributed by atoms with Gasteiger partial charge in [-0.05, 0) is 48.0 Å². The summed E-state index contributed by atoms with van der Waals surface area (Å²) in [7, 11) is 0. The van der Waals surface area contributed by atoms with E-state index in [2.05, 4.69) is 50.7 Å². The van der Waals surface area contributed by atoms with E-state index in [0.29, 0.717) is 18.2 Å². The Morgan fingerprint density at radius 2 is 2.26 bits per heavy atom. The highest BCUT2D eigenvalue weighted by atomic mass is 79.9. The molecule has 2 aromatic rings. The van der Waals surface area contributed by atoms with Crippen LogP contribution < -0.4 is 5.32 Å². The molecule has 0 saturated heterocycles. The summed E-state index contributed by atoms with van der Waals surface area (Å²) in [6, 6.07) is 8.02. The van der Waals surface area contributed by atoms with E-state index in [0.717, 1.165) is 15.9 Å². The van der Waals surface area contributed by atoms with Crippen LogP contribution in [0.5, 0.6) is 0 Å². The summed E-state index contributed by atoms with van der Waals surface area (Å²) >= 11 is 3.46. The Hall–Kier alpha value is -1.80. The van der Waals surface area contributed by atoms with Crippen molar-refractivity contribution in [1.29, 1.82) is 5.26 Å². The SMILES string of the molecule is CC(C)n1cncc1CNc1ccc(C#N)cc1Br. The molecule has 0 aliphatic rings. The van der Waals surface area contributed by atoms with Crippen molar-refractivity contribution in [3.63, 3.8) is 0 Å². The number of nitriles is 1. The van der Waals surface area contributed by atoms with Crippen LogP contribution in [0.25, 0.3) is 0 Å². The van der Waals surface area contributed by atoms with Crippen LogP contribution >= 0.6 is 15.9 Å². The van der Waals surface area contributed by atoms with Crippen LogP contribution in [0.2, 0.25) is 0 Å². The Kier molecular flexibility index (Phi) is 4.23. The van der Waals surface area contributed by atoms with E-state index in [1.165, 1.54) is 0 Å². The van der Waals surface area contributed by atoms with E-state index < -0.39 is 0 Å². The van der Waals surface area contributed by atoms with Crippen LogP contribution in [-0.2, 0) is 6.54 Å². The number of anilines is 1. The average Bonchev–Trinajstić information content (AvgIpc) is 2.85. The maximum absolute atomic E-state index is 8.83. The normalized spacial score (nSPS) is 10.5. The summed E-state index contributed by atoms with van der Waals surface area (Å²) < 4.78 is 3.02. The number of nitrogens with zero attached hydrogens (tertiary/aromatic N) is 3. The molecule has 0 radical (unpaired) electrons. The van der Waals surface area contributed by atoms with Gasteiger partial charge in [0.2, 0.25) is 0 Å². The zero-order chi connectivity index (χ0) is 13.8. The molecule has 0 aliphatic carbocycles. The minimum absolute atomic E-state index is 0.392. The highest BCUT2D eigenvalue weighted by Crippen LogP contribution is 2.24. The van der Waals surface area contributed by atoms with E-state index in [1.807, 2.05) is 24.7 Å². The molecule has 1 aromatic carbocycles. The molecule has 1 N–H and O–H groups in total. The number of hydrogen-bond acceptors (Lipinski definition) is 3. The zero-order valence-corrected chi connectivity index (χ0v) is 12.5. The fraction of sp³-hybridized carbons (Fsp3) is 0.286. The number of halogens is 1. The summed E-state index contributed by atoms with van der Waals surface area (Å²) in [4.78, 5) is 4.17. The first kappa shape index (κ1) is 13.6. The van der Waals surface area contributed by atoms with Gasteiger partial charge in [0.05, 0.1) is 30.2 Å². The first-order valence-corrected chi connectivity index (χ1v) is 6.85. The van der Waals surface area contributed by atoms with E-state index >= 15 is 0 Å². The van der Waals surface area contributed by atoms with Gasteiger partial charge in [0.25, 0.3) is 0 Å². The molecule has 0 unspecified atom stereocenters. The Labute approximate surface area is 121 Å². The van der Waals surface area contributed by atoms with Crippen molar-refractivity contribution in [2.75, 3.05) is 5.32 Å². The van der Waals surface area contributed by atoms with Crippen LogP contribution in [0.3, 0.4) is 0 Å². The van der Waals surface area contributed by atoms with Gasteiger partial charge in [-0.3, -0.25) is 0 Å². The molecule has 0 fully saturated rings. The fourth-order valence-electron chi connectivity index (χ4n) is 1.85. The summed E-state index contributed by atoms with van der Waals surface area (Å²) in [6.45, 7) is 4.95. The Morgan fingerprint density at radius 1 is 1.47 bits per heavy atom. The largest absolute Gasteiger partial charge is 0.378 e. The average molecular weight is 319 g/mol. The minimum atomic E-state index is 0.392. The van der Waals surface area contributed by atoms with Gasteiger partial charge in [-0.1, -0.05) is 0 Å². The van der Waals surface area contributed by atoms with E-state index in [1.54, 1.807) is 6.07 Å². The molecule has 0 aliphatic heterocycles. The topological polar surface area (TPSA) is 53.6 Å². The molecule has 1 aromatic heterocycles. The number of aromatic nitrogens is 2. The highest BCUT2D eigenvalue weighted by Gasteiger charge is 2.06. The molecule has 4 nitrogen and oxygen atoms in total. The first-order chi connectivity index (χ1) is 9.11. The van der Waals surface area contributed by atoms with Crippen molar-refractivity contribution in [2.45, 2.75) is 26.4 Å². The van der Waals surface area contributed by atoms with Gasteiger partial charge in [-0.15, -0.1) is 0 Å². The van der Waals surface area contributed by atoms with Gasteiger partial charge in [-0.2, -0.15) is 5.26 Å². The van der Waals surface area contributed by atoms with Crippen molar-refractivity contribution in [3.8, 4) is 6.07 Å². The minimum Gasteiger partial charge on any atom is -0.378 e. The monoisotopic (exact) mass is 318 g/mol. The molecular formula is C14H15BrN4. The van der Waals surface area contributed by atoms with Gasteiger partial charge in [0.1, 0.15) is 0 Å². The Bertz CT molecular complexity index is 610. The molecule has 0 amide bonds. The second-order valence-corrected chi connectivity index (χ2v) is 5.40. The fourth-order valence-corrected chi connectivity index (χ4v) is 2.37. The lowest BCUT2D eigenvalue weighted by Gasteiger charge is -2.13. The molecule has 19 heavy (non-hydrogen) atoms. The Morgan fingerprint density at radius 3 is 2.89 bits per heavy atom. The summed E-state index contributed by atoms with van der Waals surface area (Å²) in [5.74, 6) is 0. The summed E-state index contributed by atoms with van der Waals surface area (Å²) in [5.41, 5.74) is 2.74. The molecule has 1 heterocycles. The standard InChI is InChI=1S/C14H15BrN4/c1-10(2)19-9-17-7-12(19)8-18-14-4-3-11(6-16)5-13(14)15/h3-5,7,9-10,18H,8H2,1-2H3. The quantitative estimate of drug-likeness (QED) is 0.934. The second-order valence-electron chi connectivity index (χ2n) is 4.55. The number of benzene rings is 1. The lowest BCUT2D eigenvalue weighted by Crippen LogP contribution is -2.09. The summed E-state index contributed by atoms with van der Waals surface area (Å²) in [5, 5.41) is 12.2. The molecule has 0 spiro atoms. The summed E-state index contributed by atoms with van der Waals surface area (Å²) in [6.07, 6.45) is 3.71. The van der Waals surface area contributed by atoms with E-state index in [-0.39, 0.29) is 0 Å². The molecule has 0 atom stereocenters. The molecule has 0 saturated carbocycles. The van der Waals surface area contributed by atoms with E-state index in [4.69, 9.17) is 5.26 Å². The number of imidazole rings is 1. The van der Waals surface area contributed by atoms with Crippen LogP contribution in [0.1, 0.15) is 31.1 Å². The van der Waals surface area contributed by atoms with Gasteiger partial charge < -0.3 is 9.88 Å². The maximum Gasteiger partial charge on any atom is 0.0992 e. The van der Waals surface area contributed by atoms with Gasteiger partial charge in [0, 0.05) is 22.4 Å². The third-order valence-electron chi connectivity index (χ3n) is 2.86. The lowest BCUT2D eigenvalue weighted by atomic mass is 10.2. The predicted octanol–water partition coefficient (Wildman–Crippen LogP) is 3.71. The number of nitrogens with one attached hydrogen (secondary N) is 1. The van der Waals surface area contributed by atoms with Gasteiger partial charge >= 0.3 is 0 Å². The number of rotatable bonds is 4. The van der Waals surface area contributed by atoms with Gasteiger partial charge in [-0.25, -0.2) is 4.98 Å². The van der Waals surface area contributed by atoms with Crippen molar-refractivity contribution < 1.29 is 0 Å². The number of hydrogen-bond donors (Lipinski definition) is 1. The second kappa shape index (κ2) is 5.89. The third kappa shape index (κ3) is 3.15. The first-order valence-electron chi connectivity index (χ1n) is 6.06. The van der Waals surface area contributed by atoms with Gasteiger partial charge in [0.15, 0.2) is 0 Å². The zero-order valence-electron chi connectivity index (χ0n) is 10.9. The smallest absolute Gasteiger partial charge is 0.0992 e. The molecular weight excluding hydrogens is 304 g/mol. The third-order valence-corrected chi connectivity index (χ3v) is 3.52. The van der Waals surface area contributed by atoms with Crippen LogP contribution in [0, 0.1) is 11.3 Å². The van der Waals surface area contributed by atoms with Crippen LogP contribution in [-0.4, -0.2) is 9.55 Å². The molecule has 0 bridgehead atoms. The van der Waals surface area contributed by atoms with Crippen molar-refractivity contribution in [2.24, 2.45) is 0 Å². The van der Waals surface area contributed by atoms with Crippen LogP contribution in [0.15, 0.2) is 35.2 Å². The Balaban J connectivity index is 2.11. The molecule has 98 valence electrons. The van der Waals surface area contributed by atoms with Crippen molar-refractivity contribution in [1.82, 2.24) is 9.55 Å². The highest BCUT2D eigenvalue weighted by molar-refractivity contribution is 9.10. The maximum atomic E-state index is 8.83. The van der Waals surface area contributed by atoms with Crippen molar-refractivity contribution >= 4 is 21.6 Å².